The first-order valence-corrected chi connectivity index (χ1v) is 6.26. The summed E-state index contributed by atoms with van der Waals surface area (Å²) < 4.78 is 0. The molecule has 0 aromatic heterocycles. The molecule has 1 heteroatoms. The van der Waals surface area contributed by atoms with Gasteiger partial charge in [0.2, 0.25) is 0 Å². The molecule has 1 fully saturated rings. The molecule has 0 aromatic carbocycles. The van der Waals surface area contributed by atoms with Crippen molar-refractivity contribution in [3.8, 4) is 0 Å². The Morgan fingerprint density at radius 3 is 2.53 bits per heavy atom. The minimum Gasteiger partial charge on any atom is -0.366 e. The summed E-state index contributed by atoms with van der Waals surface area (Å²) in [5.74, 6) is 0.993. The molecular formula is C14H25N. The summed E-state index contributed by atoms with van der Waals surface area (Å²) in [5.41, 5.74) is 2.47. The van der Waals surface area contributed by atoms with Crippen molar-refractivity contribution >= 4 is 0 Å². The van der Waals surface area contributed by atoms with Crippen LogP contribution in [0.5, 0.6) is 0 Å². The van der Waals surface area contributed by atoms with Crippen LogP contribution in [0.3, 0.4) is 0 Å². The molecule has 0 aliphatic heterocycles. The van der Waals surface area contributed by atoms with Crippen LogP contribution < -0.4 is 5.32 Å². The first kappa shape index (κ1) is 12.4. The maximum absolute atomic E-state index is 3.82. The van der Waals surface area contributed by atoms with Crippen molar-refractivity contribution in [2.24, 2.45) is 5.92 Å². The van der Waals surface area contributed by atoms with Gasteiger partial charge < -0.3 is 5.32 Å². The maximum Gasteiger partial charge on any atom is 0.00420 e. The lowest BCUT2D eigenvalue weighted by Crippen LogP contribution is -2.07. The van der Waals surface area contributed by atoms with Gasteiger partial charge in [-0.15, -0.1) is 0 Å². The second kappa shape index (κ2) is 6.71. The van der Waals surface area contributed by atoms with Crippen molar-refractivity contribution in [1.29, 1.82) is 0 Å². The Bertz CT molecular complexity index is 221. The van der Waals surface area contributed by atoms with Crippen molar-refractivity contribution in [3.05, 3.63) is 24.0 Å². The van der Waals surface area contributed by atoms with Crippen molar-refractivity contribution in [3.63, 3.8) is 0 Å². The van der Waals surface area contributed by atoms with Gasteiger partial charge in [0.1, 0.15) is 0 Å². The van der Waals surface area contributed by atoms with Gasteiger partial charge in [0.05, 0.1) is 0 Å². The third-order valence-electron chi connectivity index (χ3n) is 3.24. The monoisotopic (exact) mass is 207 g/mol. The van der Waals surface area contributed by atoms with Crippen LogP contribution in [-0.2, 0) is 0 Å². The first-order valence-electron chi connectivity index (χ1n) is 6.26. The molecule has 0 aromatic rings. The average Bonchev–Trinajstić information content (AvgIpc) is 2.25. The largest absolute Gasteiger partial charge is 0.366 e. The van der Waals surface area contributed by atoms with Crippen LogP contribution >= 0.6 is 0 Å². The number of allylic oxidation sites excluding steroid dienone is 2. The van der Waals surface area contributed by atoms with E-state index in [0.29, 0.717) is 0 Å². The lowest BCUT2D eigenvalue weighted by molar-refractivity contribution is 0.339. The number of nitrogens with one attached hydrogen (secondary N) is 1. The van der Waals surface area contributed by atoms with Crippen LogP contribution in [0, 0.1) is 5.92 Å². The highest BCUT2D eigenvalue weighted by molar-refractivity contribution is 5.02. The van der Waals surface area contributed by atoms with Crippen LogP contribution in [0.4, 0.5) is 0 Å². The van der Waals surface area contributed by atoms with E-state index in [1.54, 1.807) is 0 Å². The molecule has 0 heterocycles. The maximum atomic E-state index is 3.82. The molecule has 0 atom stereocenters. The molecule has 1 nitrogen and oxygen atoms in total. The molecule has 15 heavy (non-hydrogen) atoms. The normalized spacial score (nSPS) is 18.9. The van der Waals surface area contributed by atoms with Gasteiger partial charge in [-0.05, 0) is 38.8 Å². The van der Waals surface area contributed by atoms with Crippen molar-refractivity contribution < 1.29 is 0 Å². The zero-order chi connectivity index (χ0) is 11.1. The second-order valence-corrected chi connectivity index (χ2v) is 4.96. The summed E-state index contributed by atoms with van der Waals surface area (Å²) in [5, 5.41) is 3.18. The fourth-order valence-electron chi connectivity index (χ4n) is 2.23. The SMILES string of the molecule is C=C(C)N/C=C(\C)CCC1CCCCC1. The van der Waals surface area contributed by atoms with Gasteiger partial charge in [-0.3, -0.25) is 0 Å². The molecule has 1 rings (SSSR count). The van der Waals surface area contributed by atoms with Gasteiger partial charge in [-0.25, -0.2) is 0 Å². The standard InChI is InChI=1S/C14H25N/c1-12(2)15-11-13(3)9-10-14-7-5-4-6-8-14/h11,14-15H,1,4-10H2,2-3H3/b13-11+. The van der Waals surface area contributed by atoms with Crippen molar-refractivity contribution in [2.75, 3.05) is 0 Å². The summed E-state index contributed by atoms with van der Waals surface area (Å²) >= 11 is 0. The van der Waals surface area contributed by atoms with Gasteiger partial charge in [-0.2, -0.15) is 0 Å². The molecule has 86 valence electrons. The highest BCUT2D eigenvalue weighted by atomic mass is 14.8. The fourth-order valence-corrected chi connectivity index (χ4v) is 2.23. The Kier molecular flexibility index (Phi) is 5.52. The van der Waals surface area contributed by atoms with E-state index in [0.717, 1.165) is 11.6 Å². The van der Waals surface area contributed by atoms with Gasteiger partial charge in [0.15, 0.2) is 0 Å². The summed E-state index contributed by atoms with van der Waals surface area (Å²) in [7, 11) is 0. The molecule has 1 saturated carbocycles. The summed E-state index contributed by atoms with van der Waals surface area (Å²) in [6, 6.07) is 0. The van der Waals surface area contributed by atoms with E-state index in [1.807, 2.05) is 6.92 Å². The Balaban J connectivity index is 2.17. The molecule has 0 bridgehead atoms. The van der Waals surface area contributed by atoms with Crippen molar-refractivity contribution in [2.45, 2.75) is 58.8 Å². The van der Waals surface area contributed by atoms with E-state index in [9.17, 15) is 0 Å². The van der Waals surface area contributed by atoms with E-state index in [2.05, 4.69) is 25.0 Å². The molecule has 1 N–H and O–H groups in total. The molecule has 0 saturated heterocycles. The lowest BCUT2D eigenvalue weighted by Gasteiger charge is -2.21. The number of rotatable bonds is 5. The molecule has 1 aliphatic carbocycles. The van der Waals surface area contributed by atoms with Gasteiger partial charge in [0, 0.05) is 5.70 Å². The third kappa shape index (κ3) is 5.66. The predicted molar refractivity (Wildman–Crippen MR) is 67.5 cm³/mol. The molecule has 0 spiro atoms. The van der Waals surface area contributed by atoms with Crippen LogP contribution in [0.1, 0.15) is 58.8 Å². The Morgan fingerprint density at radius 2 is 1.93 bits per heavy atom. The molecular weight excluding hydrogens is 182 g/mol. The van der Waals surface area contributed by atoms with Crippen LogP contribution in [0.2, 0.25) is 0 Å². The first-order chi connectivity index (χ1) is 7.18. The molecule has 0 radical (unpaired) electrons. The minimum atomic E-state index is 0.993. The van der Waals surface area contributed by atoms with Gasteiger partial charge >= 0.3 is 0 Å². The molecule has 0 unspecified atom stereocenters. The number of hydrogen-bond acceptors (Lipinski definition) is 1. The highest BCUT2D eigenvalue weighted by Gasteiger charge is 2.12. The van der Waals surface area contributed by atoms with E-state index in [1.165, 1.54) is 50.5 Å². The van der Waals surface area contributed by atoms with Crippen LogP contribution in [0.15, 0.2) is 24.0 Å². The summed E-state index contributed by atoms with van der Waals surface area (Å²) in [4.78, 5) is 0. The predicted octanol–water partition coefficient (Wildman–Crippen LogP) is 4.37. The minimum absolute atomic E-state index is 0.993. The van der Waals surface area contributed by atoms with E-state index in [4.69, 9.17) is 0 Å². The zero-order valence-corrected chi connectivity index (χ0v) is 10.3. The third-order valence-corrected chi connectivity index (χ3v) is 3.24. The van der Waals surface area contributed by atoms with Gasteiger partial charge in [0.25, 0.3) is 0 Å². The second-order valence-electron chi connectivity index (χ2n) is 4.96. The Labute approximate surface area is 94.6 Å². The van der Waals surface area contributed by atoms with Gasteiger partial charge in [-0.1, -0.05) is 44.3 Å². The van der Waals surface area contributed by atoms with Crippen molar-refractivity contribution in [1.82, 2.24) is 5.32 Å². The summed E-state index contributed by atoms with van der Waals surface area (Å²) in [6.45, 7) is 8.02. The van der Waals surface area contributed by atoms with E-state index >= 15 is 0 Å². The Hall–Kier alpha value is -0.720. The fraction of sp³-hybridized carbons (Fsp3) is 0.714. The van der Waals surface area contributed by atoms with Crippen LogP contribution in [0.25, 0.3) is 0 Å². The quantitative estimate of drug-likeness (QED) is 0.705. The van der Waals surface area contributed by atoms with Crippen LogP contribution in [-0.4, -0.2) is 0 Å². The van der Waals surface area contributed by atoms with E-state index < -0.39 is 0 Å². The molecule has 1 aliphatic rings. The van der Waals surface area contributed by atoms with E-state index in [-0.39, 0.29) is 0 Å². The smallest absolute Gasteiger partial charge is 0.00420 e. The molecule has 0 amide bonds. The Morgan fingerprint density at radius 1 is 1.27 bits per heavy atom. The topological polar surface area (TPSA) is 12.0 Å². The number of hydrogen-bond donors (Lipinski definition) is 1. The highest BCUT2D eigenvalue weighted by Crippen LogP contribution is 2.28. The zero-order valence-electron chi connectivity index (χ0n) is 10.3. The average molecular weight is 207 g/mol. The lowest BCUT2D eigenvalue weighted by atomic mass is 9.85. The summed E-state index contributed by atoms with van der Waals surface area (Å²) in [6.07, 6.45) is 12.0.